The van der Waals surface area contributed by atoms with E-state index in [-0.39, 0.29) is 12.4 Å². The number of rotatable bonds is 10. The molecule has 0 saturated carbocycles. The molecular weight excluding hydrogens is 430 g/mol. The lowest BCUT2D eigenvalue weighted by atomic mass is 10.1. The number of hydrogen-bond acceptors (Lipinski definition) is 6. The number of ether oxygens (including phenoxy) is 3. The van der Waals surface area contributed by atoms with Crippen molar-refractivity contribution in [2.45, 2.75) is 26.4 Å². The van der Waals surface area contributed by atoms with Crippen LogP contribution in [0.3, 0.4) is 0 Å². The summed E-state index contributed by atoms with van der Waals surface area (Å²) in [5.74, 6) is 2.59. The molecular formula is C28H27NO5. The molecule has 1 heterocycles. The molecule has 0 N–H and O–H groups in total. The fourth-order valence-electron chi connectivity index (χ4n) is 3.49. The summed E-state index contributed by atoms with van der Waals surface area (Å²) in [5, 5.41) is 0. The maximum absolute atomic E-state index is 11.6. The molecule has 0 saturated heterocycles. The minimum absolute atomic E-state index is 0.178. The molecule has 0 aliphatic rings. The second-order valence-corrected chi connectivity index (χ2v) is 7.78. The van der Waals surface area contributed by atoms with E-state index < -0.39 is 0 Å². The van der Waals surface area contributed by atoms with Crippen LogP contribution in [0.15, 0.2) is 83.3 Å². The SMILES string of the molecule is COC(=O)Cc1ccccc1OCc1ccc(OCCc2nc(-c3ccccc3)oc2C)cc1. The van der Waals surface area contributed by atoms with Gasteiger partial charge >= 0.3 is 5.97 Å². The van der Waals surface area contributed by atoms with E-state index in [1.807, 2.05) is 85.8 Å². The van der Waals surface area contributed by atoms with E-state index >= 15 is 0 Å². The van der Waals surface area contributed by atoms with Gasteiger partial charge in [-0.05, 0) is 42.8 Å². The summed E-state index contributed by atoms with van der Waals surface area (Å²) in [6.45, 7) is 2.81. The lowest BCUT2D eigenvalue weighted by Gasteiger charge is -2.11. The predicted molar refractivity (Wildman–Crippen MR) is 129 cm³/mol. The highest BCUT2D eigenvalue weighted by Gasteiger charge is 2.12. The highest BCUT2D eigenvalue weighted by atomic mass is 16.5. The van der Waals surface area contributed by atoms with Crippen molar-refractivity contribution in [3.05, 3.63) is 101 Å². The molecule has 4 rings (SSSR count). The van der Waals surface area contributed by atoms with Crippen molar-refractivity contribution in [3.63, 3.8) is 0 Å². The van der Waals surface area contributed by atoms with E-state index in [2.05, 4.69) is 4.98 Å². The van der Waals surface area contributed by atoms with E-state index in [0.717, 1.165) is 33.9 Å². The van der Waals surface area contributed by atoms with Crippen LogP contribution in [-0.4, -0.2) is 24.7 Å². The van der Waals surface area contributed by atoms with Crippen molar-refractivity contribution in [2.75, 3.05) is 13.7 Å². The van der Waals surface area contributed by atoms with Gasteiger partial charge in [0.15, 0.2) is 0 Å². The minimum atomic E-state index is -0.297. The van der Waals surface area contributed by atoms with Crippen LogP contribution in [0, 0.1) is 6.92 Å². The third-order valence-corrected chi connectivity index (χ3v) is 5.37. The lowest BCUT2D eigenvalue weighted by molar-refractivity contribution is -0.139. The van der Waals surface area contributed by atoms with Crippen molar-refractivity contribution < 1.29 is 23.4 Å². The first kappa shape index (κ1) is 23.1. The van der Waals surface area contributed by atoms with Crippen LogP contribution in [-0.2, 0) is 29.0 Å². The number of aryl methyl sites for hydroxylation is 1. The number of oxazole rings is 1. The number of methoxy groups -OCH3 is 1. The summed E-state index contributed by atoms with van der Waals surface area (Å²) in [7, 11) is 1.38. The van der Waals surface area contributed by atoms with Crippen molar-refractivity contribution >= 4 is 5.97 Å². The summed E-state index contributed by atoms with van der Waals surface area (Å²) in [6.07, 6.45) is 0.835. The molecule has 0 spiro atoms. The van der Waals surface area contributed by atoms with Gasteiger partial charge in [-0.1, -0.05) is 48.5 Å². The van der Waals surface area contributed by atoms with Gasteiger partial charge in [-0.3, -0.25) is 4.79 Å². The van der Waals surface area contributed by atoms with Crippen LogP contribution in [0.25, 0.3) is 11.5 Å². The Bertz CT molecular complexity index is 1220. The average molecular weight is 458 g/mol. The fourth-order valence-corrected chi connectivity index (χ4v) is 3.49. The second kappa shape index (κ2) is 11.2. The highest BCUT2D eigenvalue weighted by Crippen LogP contribution is 2.23. The Morgan fingerprint density at radius 1 is 0.912 bits per heavy atom. The molecule has 4 aromatic rings. The normalized spacial score (nSPS) is 10.6. The maximum Gasteiger partial charge on any atom is 0.310 e. The number of hydrogen-bond donors (Lipinski definition) is 0. The van der Waals surface area contributed by atoms with Gasteiger partial charge in [-0.25, -0.2) is 4.98 Å². The minimum Gasteiger partial charge on any atom is -0.493 e. The number of esters is 1. The number of carbonyl (C=O) groups is 1. The molecule has 1 aromatic heterocycles. The first-order valence-corrected chi connectivity index (χ1v) is 11.1. The summed E-state index contributed by atoms with van der Waals surface area (Å²) in [4.78, 5) is 16.2. The zero-order chi connectivity index (χ0) is 23.8. The van der Waals surface area contributed by atoms with Crippen molar-refractivity contribution in [3.8, 4) is 23.0 Å². The number of para-hydroxylation sites is 1. The van der Waals surface area contributed by atoms with Gasteiger partial charge in [0.25, 0.3) is 0 Å². The number of benzene rings is 3. The van der Waals surface area contributed by atoms with Crippen LogP contribution >= 0.6 is 0 Å². The molecule has 3 aromatic carbocycles. The number of aromatic nitrogens is 1. The van der Waals surface area contributed by atoms with Gasteiger partial charge in [0.05, 0.1) is 25.8 Å². The van der Waals surface area contributed by atoms with Crippen LogP contribution in [0.2, 0.25) is 0 Å². The van der Waals surface area contributed by atoms with E-state index in [1.165, 1.54) is 7.11 Å². The zero-order valence-corrected chi connectivity index (χ0v) is 19.3. The Morgan fingerprint density at radius 2 is 1.65 bits per heavy atom. The van der Waals surface area contributed by atoms with Gasteiger partial charge in [0.1, 0.15) is 23.9 Å². The van der Waals surface area contributed by atoms with Gasteiger partial charge in [-0.2, -0.15) is 0 Å². The average Bonchev–Trinajstić information content (AvgIpc) is 3.25. The van der Waals surface area contributed by atoms with Crippen LogP contribution in [0.4, 0.5) is 0 Å². The van der Waals surface area contributed by atoms with E-state index in [4.69, 9.17) is 18.6 Å². The quantitative estimate of drug-likeness (QED) is 0.290. The Labute approximate surface area is 199 Å². The van der Waals surface area contributed by atoms with Crippen LogP contribution < -0.4 is 9.47 Å². The first-order valence-electron chi connectivity index (χ1n) is 11.1. The molecule has 0 aliphatic carbocycles. The van der Waals surface area contributed by atoms with Crippen molar-refractivity contribution in [2.24, 2.45) is 0 Å². The van der Waals surface area contributed by atoms with E-state index in [0.29, 0.717) is 31.3 Å². The molecule has 0 fully saturated rings. The predicted octanol–water partition coefficient (Wildman–Crippen LogP) is 5.57. The molecule has 34 heavy (non-hydrogen) atoms. The zero-order valence-electron chi connectivity index (χ0n) is 19.3. The topological polar surface area (TPSA) is 70.8 Å². The molecule has 0 unspecified atom stereocenters. The summed E-state index contributed by atoms with van der Waals surface area (Å²) in [6, 6.07) is 25.1. The molecule has 174 valence electrons. The molecule has 0 aliphatic heterocycles. The second-order valence-electron chi connectivity index (χ2n) is 7.78. The lowest BCUT2D eigenvalue weighted by Crippen LogP contribution is -2.07. The third-order valence-electron chi connectivity index (χ3n) is 5.37. The fraction of sp³-hybridized carbons (Fsp3) is 0.214. The third kappa shape index (κ3) is 6.04. The Balaban J connectivity index is 1.28. The van der Waals surface area contributed by atoms with E-state index in [9.17, 15) is 4.79 Å². The van der Waals surface area contributed by atoms with Gasteiger partial charge in [0, 0.05) is 17.5 Å². The van der Waals surface area contributed by atoms with Crippen molar-refractivity contribution in [1.29, 1.82) is 0 Å². The Morgan fingerprint density at radius 3 is 2.41 bits per heavy atom. The number of carbonyl (C=O) groups excluding carboxylic acids is 1. The molecule has 6 nitrogen and oxygen atoms in total. The van der Waals surface area contributed by atoms with Gasteiger partial charge < -0.3 is 18.6 Å². The highest BCUT2D eigenvalue weighted by molar-refractivity contribution is 5.73. The number of nitrogens with zero attached hydrogens (tertiary/aromatic N) is 1. The van der Waals surface area contributed by atoms with E-state index in [1.54, 1.807) is 0 Å². The Hall–Kier alpha value is -4.06. The van der Waals surface area contributed by atoms with Crippen LogP contribution in [0.1, 0.15) is 22.6 Å². The van der Waals surface area contributed by atoms with Gasteiger partial charge in [0.2, 0.25) is 5.89 Å². The monoisotopic (exact) mass is 457 g/mol. The molecule has 0 bridgehead atoms. The summed E-state index contributed by atoms with van der Waals surface area (Å²) >= 11 is 0. The molecule has 0 amide bonds. The van der Waals surface area contributed by atoms with Crippen molar-refractivity contribution in [1.82, 2.24) is 4.98 Å². The first-order chi connectivity index (χ1) is 16.6. The van der Waals surface area contributed by atoms with Gasteiger partial charge in [-0.15, -0.1) is 0 Å². The summed E-state index contributed by atoms with van der Waals surface area (Å²) in [5.41, 5.74) is 3.66. The standard InChI is InChI=1S/C28H27NO5/c1-20-25(29-28(34-20)22-8-4-3-5-9-22)16-17-32-24-14-12-21(13-15-24)19-33-26-11-7-6-10-23(26)18-27(30)31-2/h3-15H,16-19H2,1-2H3. The molecule has 0 radical (unpaired) electrons. The Kier molecular flexibility index (Phi) is 7.60. The smallest absolute Gasteiger partial charge is 0.310 e. The van der Waals surface area contributed by atoms with Crippen LogP contribution in [0.5, 0.6) is 11.5 Å². The molecule has 0 atom stereocenters. The largest absolute Gasteiger partial charge is 0.493 e. The summed E-state index contributed by atoms with van der Waals surface area (Å²) < 4.78 is 22.4. The maximum atomic E-state index is 11.6. The molecule has 6 heteroatoms.